The minimum Gasteiger partial charge on any atom is -0.456 e. The van der Waals surface area contributed by atoms with Crippen LogP contribution in [0.1, 0.15) is 22.3 Å². The smallest absolute Gasteiger partial charge is 0.235 e. The molecule has 0 atom stereocenters. The SMILES string of the molecule is c1ccc(-c2nc(-n3c4ccc(C(c5ccccc5)(c5ccccc5)c5ccccc5)cc4c4cc5oc6ccccc6c5cc43)nc3ccccc23)cc1. The van der Waals surface area contributed by atoms with Crippen LogP contribution in [0, 0.1) is 0 Å². The summed E-state index contributed by atoms with van der Waals surface area (Å²) in [6, 6.07) is 71.0. The van der Waals surface area contributed by atoms with Gasteiger partial charge in [-0.05, 0) is 58.7 Å². The minimum atomic E-state index is -0.601. The van der Waals surface area contributed by atoms with Gasteiger partial charge in [0.15, 0.2) is 0 Å². The molecule has 55 heavy (non-hydrogen) atoms. The van der Waals surface area contributed by atoms with Crippen molar-refractivity contribution in [1.82, 2.24) is 14.5 Å². The third-order valence-electron chi connectivity index (χ3n) is 11.2. The molecule has 0 fully saturated rings. The van der Waals surface area contributed by atoms with Gasteiger partial charge in [-0.25, -0.2) is 9.97 Å². The van der Waals surface area contributed by atoms with E-state index in [1.54, 1.807) is 0 Å². The fourth-order valence-electron chi connectivity index (χ4n) is 8.73. The maximum absolute atomic E-state index is 6.52. The summed E-state index contributed by atoms with van der Waals surface area (Å²) >= 11 is 0. The average molecular weight is 704 g/mol. The zero-order valence-corrected chi connectivity index (χ0v) is 29.8. The molecule has 0 radical (unpaired) electrons. The van der Waals surface area contributed by atoms with Gasteiger partial charge in [0.2, 0.25) is 5.95 Å². The van der Waals surface area contributed by atoms with Crippen molar-refractivity contribution < 1.29 is 4.42 Å². The van der Waals surface area contributed by atoms with Crippen LogP contribution in [0.25, 0.3) is 71.9 Å². The molecule has 0 N–H and O–H groups in total. The predicted octanol–water partition coefficient (Wildman–Crippen LogP) is 12.7. The van der Waals surface area contributed by atoms with Gasteiger partial charge >= 0.3 is 0 Å². The molecule has 0 saturated carbocycles. The molecule has 11 rings (SSSR count). The summed E-state index contributed by atoms with van der Waals surface area (Å²) in [7, 11) is 0. The van der Waals surface area contributed by atoms with E-state index in [4.69, 9.17) is 14.4 Å². The van der Waals surface area contributed by atoms with Gasteiger partial charge in [-0.2, -0.15) is 0 Å². The standard InChI is InChI=1S/C51H33N3O/c1-5-17-34(18-6-1)49-40-26-13-15-27-44(40)52-50(53-49)54-45-30-29-38(31-41(45)42-33-48-43(32-46(42)54)39-25-14-16-28-47(39)55-48)51(35-19-7-2-8-20-35,36-21-9-3-10-22-36)37-23-11-4-12-24-37/h1-33H. The predicted molar refractivity (Wildman–Crippen MR) is 225 cm³/mol. The van der Waals surface area contributed by atoms with E-state index in [-0.39, 0.29) is 0 Å². The second-order valence-corrected chi connectivity index (χ2v) is 14.1. The summed E-state index contributed by atoms with van der Waals surface area (Å²) in [6.45, 7) is 0. The maximum atomic E-state index is 6.52. The fourth-order valence-corrected chi connectivity index (χ4v) is 8.73. The van der Waals surface area contributed by atoms with Crippen LogP contribution in [0.5, 0.6) is 0 Å². The Morgan fingerprint density at radius 1 is 0.382 bits per heavy atom. The Labute approximate surface area is 317 Å². The molecule has 0 spiro atoms. The molecule has 0 aliphatic carbocycles. The molecule has 3 aromatic heterocycles. The molecule has 0 amide bonds. The highest BCUT2D eigenvalue weighted by Crippen LogP contribution is 2.47. The van der Waals surface area contributed by atoms with E-state index in [0.717, 1.165) is 71.5 Å². The first kappa shape index (κ1) is 31.2. The van der Waals surface area contributed by atoms with Gasteiger partial charge in [-0.1, -0.05) is 164 Å². The van der Waals surface area contributed by atoms with E-state index in [9.17, 15) is 0 Å². The molecule has 11 aromatic rings. The molecule has 0 unspecified atom stereocenters. The van der Waals surface area contributed by atoms with Gasteiger partial charge in [0.05, 0.1) is 27.7 Å². The van der Waals surface area contributed by atoms with Crippen molar-refractivity contribution in [3.8, 4) is 17.2 Å². The Morgan fingerprint density at radius 3 is 1.62 bits per heavy atom. The molecule has 258 valence electrons. The molecule has 0 saturated heterocycles. The molecule has 0 bridgehead atoms. The number of para-hydroxylation sites is 2. The van der Waals surface area contributed by atoms with Gasteiger partial charge in [0.25, 0.3) is 0 Å². The highest BCUT2D eigenvalue weighted by atomic mass is 16.3. The third kappa shape index (κ3) is 4.78. The second kappa shape index (κ2) is 12.4. The largest absolute Gasteiger partial charge is 0.456 e. The number of aromatic nitrogens is 3. The minimum absolute atomic E-state index is 0.601. The topological polar surface area (TPSA) is 43.9 Å². The number of furan rings is 1. The molecule has 0 aliphatic rings. The number of fused-ring (bicyclic) bond motifs is 7. The van der Waals surface area contributed by atoms with Gasteiger partial charge in [-0.3, -0.25) is 4.57 Å². The lowest BCUT2D eigenvalue weighted by atomic mass is 9.65. The van der Waals surface area contributed by atoms with Crippen molar-refractivity contribution in [2.45, 2.75) is 5.41 Å². The summed E-state index contributed by atoms with van der Waals surface area (Å²) in [5.41, 5.74) is 10.7. The zero-order valence-electron chi connectivity index (χ0n) is 29.8. The first-order valence-corrected chi connectivity index (χ1v) is 18.7. The molecule has 4 nitrogen and oxygen atoms in total. The second-order valence-electron chi connectivity index (χ2n) is 14.1. The van der Waals surface area contributed by atoms with Crippen LogP contribution in [0.3, 0.4) is 0 Å². The number of hydrogen-bond acceptors (Lipinski definition) is 3. The van der Waals surface area contributed by atoms with Crippen molar-refractivity contribution in [3.05, 3.63) is 222 Å². The normalized spacial score (nSPS) is 12.0. The van der Waals surface area contributed by atoms with E-state index in [1.807, 2.05) is 24.3 Å². The lowest BCUT2D eigenvalue weighted by Gasteiger charge is -2.37. The Hall–Kier alpha value is -7.30. The number of nitrogens with zero attached hydrogens (tertiary/aromatic N) is 3. The van der Waals surface area contributed by atoms with E-state index >= 15 is 0 Å². The van der Waals surface area contributed by atoms with Crippen LogP contribution >= 0.6 is 0 Å². The lowest BCUT2D eigenvalue weighted by molar-refractivity contribution is 0.669. The van der Waals surface area contributed by atoms with Gasteiger partial charge in [0.1, 0.15) is 11.2 Å². The van der Waals surface area contributed by atoms with Crippen molar-refractivity contribution in [2.24, 2.45) is 0 Å². The highest BCUT2D eigenvalue weighted by Gasteiger charge is 2.38. The summed E-state index contributed by atoms with van der Waals surface area (Å²) in [4.78, 5) is 10.7. The molecule has 0 aliphatic heterocycles. The summed E-state index contributed by atoms with van der Waals surface area (Å²) in [6.07, 6.45) is 0. The van der Waals surface area contributed by atoms with Gasteiger partial charge < -0.3 is 4.42 Å². The fraction of sp³-hybridized carbons (Fsp3) is 0.0196. The van der Waals surface area contributed by atoms with Crippen molar-refractivity contribution in [2.75, 3.05) is 0 Å². The summed E-state index contributed by atoms with van der Waals surface area (Å²) in [5, 5.41) is 5.33. The third-order valence-corrected chi connectivity index (χ3v) is 11.2. The Balaban J connectivity index is 1.28. The maximum Gasteiger partial charge on any atom is 0.235 e. The number of hydrogen-bond donors (Lipinski definition) is 0. The van der Waals surface area contributed by atoms with E-state index in [2.05, 4.69) is 180 Å². The van der Waals surface area contributed by atoms with Gasteiger partial charge in [0, 0.05) is 32.5 Å². The van der Waals surface area contributed by atoms with Gasteiger partial charge in [-0.15, -0.1) is 0 Å². The first-order chi connectivity index (χ1) is 27.3. The number of rotatable bonds is 6. The molecular weight excluding hydrogens is 671 g/mol. The van der Waals surface area contributed by atoms with Crippen LogP contribution in [0.2, 0.25) is 0 Å². The van der Waals surface area contributed by atoms with Crippen LogP contribution in [-0.4, -0.2) is 14.5 Å². The lowest BCUT2D eigenvalue weighted by Crippen LogP contribution is -2.30. The average Bonchev–Trinajstić information content (AvgIpc) is 3.78. The van der Waals surface area contributed by atoms with Crippen molar-refractivity contribution >= 4 is 54.6 Å². The quantitative estimate of drug-likeness (QED) is 0.162. The van der Waals surface area contributed by atoms with Crippen LogP contribution in [-0.2, 0) is 5.41 Å². The highest BCUT2D eigenvalue weighted by molar-refractivity contribution is 6.17. The molecule has 4 heteroatoms. The van der Waals surface area contributed by atoms with E-state index in [1.165, 1.54) is 16.7 Å². The number of benzene rings is 8. The summed E-state index contributed by atoms with van der Waals surface area (Å²) < 4.78 is 8.76. The van der Waals surface area contributed by atoms with E-state index in [0.29, 0.717) is 5.95 Å². The first-order valence-electron chi connectivity index (χ1n) is 18.7. The van der Waals surface area contributed by atoms with Crippen molar-refractivity contribution in [1.29, 1.82) is 0 Å². The van der Waals surface area contributed by atoms with Crippen molar-refractivity contribution in [3.63, 3.8) is 0 Å². The Morgan fingerprint density at radius 2 is 0.945 bits per heavy atom. The Bertz CT molecular complexity index is 3090. The molecular formula is C51H33N3O. The summed E-state index contributed by atoms with van der Waals surface area (Å²) in [5.74, 6) is 0.623. The zero-order chi connectivity index (χ0) is 36.3. The van der Waals surface area contributed by atoms with E-state index < -0.39 is 5.41 Å². The molecule has 8 aromatic carbocycles. The Kier molecular flexibility index (Phi) is 7.04. The van der Waals surface area contributed by atoms with Crippen LogP contribution < -0.4 is 0 Å². The van der Waals surface area contributed by atoms with Crippen LogP contribution in [0.4, 0.5) is 0 Å². The monoisotopic (exact) mass is 703 g/mol. The molecule has 3 heterocycles. The van der Waals surface area contributed by atoms with Crippen LogP contribution in [0.15, 0.2) is 205 Å².